The van der Waals surface area contributed by atoms with Crippen molar-refractivity contribution in [3.8, 4) is 11.5 Å². The van der Waals surface area contributed by atoms with Gasteiger partial charge < -0.3 is 20.1 Å². The van der Waals surface area contributed by atoms with Crippen LogP contribution in [0.3, 0.4) is 0 Å². The van der Waals surface area contributed by atoms with Crippen molar-refractivity contribution in [2.75, 3.05) is 19.5 Å². The molecule has 1 aliphatic carbocycles. The second-order valence-corrected chi connectivity index (χ2v) is 7.04. The lowest BCUT2D eigenvalue weighted by atomic mass is 10.0. The fourth-order valence-electron chi connectivity index (χ4n) is 3.06. The monoisotopic (exact) mass is 396 g/mol. The first-order valence-corrected chi connectivity index (χ1v) is 9.31. The number of hydrogen-bond acceptors (Lipinski definition) is 5. The number of ether oxygens (including phenoxy) is 2. The maximum atomic E-state index is 12.7. The minimum absolute atomic E-state index is 0.0453. The fourth-order valence-corrected chi connectivity index (χ4v) is 3.06. The van der Waals surface area contributed by atoms with Crippen molar-refractivity contribution in [2.45, 2.75) is 26.3 Å². The Kier molecular flexibility index (Phi) is 5.87. The molecule has 0 aliphatic heterocycles. The highest BCUT2D eigenvalue weighted by atomic mass is 16.5. The lowest BCUT2D eigenvalue weighted by molar-refractivity contribution is -0.134. The van der Waals surface area contributed by atoms with Crippen LogP contribution in [0.2, 0.25) is 0 Å². The number of benzene rings is 2. The summed E-state index contributed by atoms with van der Waals surface area (Å²) in [6.45, 7) is 1.76. The predicted molar refractivity (Wildman–Crippen MR) is 108 cm³/mol. The molecule has 1 fully saturated rings. The Morgan fingerprint density at radius 3 is 2.14 bits per heavy atom. The molecule has 1 aliphatic rings. The van der Waals surface area contributed by atoms with Crippen molar-refractivity contribution in [1.29, 1.82) is 0 Å². The van der Waals surface area contributed by atoms with Crippen molar-refractivity contribution in [2.24, 2.45) is 5.41 Å². The van der Waals surface area contributed by atoms with E-state index in [1.165, 1.54) is 6.92 Å². The molecule has 3 rings (SSSR count). The number of methoxy groups -OCH3 is 2. The topological polar surface area (TPSA) is 93.7 Å². The van der Waals surface area contributed by atoms with Gasteiger partial charge in [-0.05, 0) is 61.7 Å². The third-order valence-electron chi connectivity index (χ3n) is 5.07. The molecule has 0 unspecified atom stereocenters. The molecule has 2 aromatic carbocycles. The van der Waals surface area contributed by atoms with Gasteiger partial charge in [0.15, 0.2) is 17.3 Å². The highest BCUT2D eigenvalue weighted by molar-refractivity contribution is 6.13. The smallest absolute Gasteiger partial charge is 0.240 e. The van der Waals surface area contributed by atoms with E-state index in [9.17, 15) is 14.4 Å². The average molecular weight is 396 g/mol. The molecule has 0 radical (unpaired) electrons. The molecule has 1 saturated carbocycles. The number of Topliss-reactive ketones (excluding diaryl/α,β-unsaturated/α-hetero) is 1. The van der Waals surface area contributed by atoms with Gasteiger partial charge in [0, 0.05) is 17.8 Å². The summed E-state index contributed by atoms with van der Waals surface area (Å²) in [7, 11) is 3.11. The molecule has 7 nitrogen and oxygen atoms in total. The lowest BCUT2D eigenvalue weighted by Gasteiger charge is -2.16. The first kappa shape index (κ1) is 20.4. The largest absolute Gasteiger partial charge is 0.493 e. The van der Waals surface area contributed by atoms with Crippen molar-refractivity contribution in [3.05, 3.63) is 53.6 Å². The average Bonchev–Trinajstić information content (AvgIpc) is 3.54. The van der Waals surface area contributed by atoms with Gasteiger partial charge >= 0.3 is 0 Å². The molecule has 2 N–H and O–H groups in total. The quantitative estimate of drug-likeness (QED) is 0.529. The van der Waals surface area contributed by atoms with Crippen molar-refractivity contribution >= 4 is 23.3 Å². The molecular formula is C22H24N2O5. The van der Waals surface area contributed by atoms with Crippen LogP contribution in [0.4, 0.5) is 5.69 Å². The number of carbonyl (C=O) groups is 3. The van der Waals surface area contributed by atoms with Crippen LogP contribution in [0.25, 0.3) is 0 Å². The van der Waals surface area contributed by atoms with Crippen LogP contribution in [0.15, 0.2) is 42.5 Å². The highest BCUT2D eigenvalue weighted by Crippen LogP contribution is 2.47. The predicted octanol–water partition coefficient (Wildman–Crippen LogP) is 2.94. The number of nitrogens with one attached hydrogen (secondary N) is 2. The third-order valence-corrected chi connectivity index (χ3v) is 5.07. The molecule has 0 atom stereocenters. The molecule has 0 heterocycles. The summed E-state index contributed by atoms with van der Waals surface area (Å²) in [5.41, 5.74) is 0.915. The minimum atomic E-state index is -1.05. The molecule has 29 heavy (non-hydrogen) atoms. The first-order valence-electron chi connectivity index (χ1n) is 9.31. The normalized spacial score (nSPS) is 13.9. The fraction of sp³-hybridized carbons (Fsp3) is 0.318. The summed E-state index contributed by atoms with van der Waals surface area (Å²) in [6, 6.07) is 12.0. The van der Waals surface area contributed by atoms with E-state index in [2.05, 4.69) is 10.6 Å². The first-order chi connectivity index (χ1) is 13.9. The SMILES string of the molecule is COc1ccc(CNC(=O)C2(C(=O)Nc3ccc(C(C)=O)cc3)CC2)cc1OC. The van der Waals surface area contributed by atoms with Crippen LogP contribution in [0, 0.1) is 5.41 Å². The van der Waals surface area contributed by atoms with E-state index in [4.69, 9.17) is 9.47 Å². The maximum Gasteiger partial charge on any atom is 0.240 e. The Morgan fingerprint density at radius 1 is 0.931 bits per heavy atom. The number of hydrogen-bond donors (Lipinski definition) is 2. The molecule has 0 saturated heterocycles. The Labute approximate surface area is 169 Å². The van der Waals surface area contributed by atoms with E-state index in [1.54, 1.807) is 50.6 Å². The number of anilines is 1. The number of amides is 2. The van der Waals surface area contributed by atoms with Gasteiger partial charge in [-0.3, -0.25) is 14.4 Å². The van der Waals surface area contributed by atoms with E-state index in [-0.39, 0.29) is 24.1 Å². The second kappa shape index (κ2) is 8.34. The zero-order chi connectivity index (χ0) is 21.0. The van der Waals surface area contributed by atoms with Crippen molar-refractivity contribution in [1.82, 2.24) is 5.32 Å². The van der Waals surface area contributed by atoms with Crippen LogP contribution in [-0.4, -0.2) is 31.8 Å². The minimum Gasteiger partial charge on any atom is -0.493 e. The molecular weight excluding hydrogens is 372 g/mol. The molecule has 0 bridgehead atoms. The van der Waals surface area contributed by atoms with Crippen LogP contribution in [-0.2, 0) is 16.1 Å². The molecule has 2 amide bonds. The van der Waals surface area contributed by atoms with E-state index < -0.39 is 5.41 Å². The zero-order valence-corrected chi connectivity index (χ0v) is 16.7. The number of carbonyl (C=O) groups excluding carboxylic acids is 3. The summed E-state index contributed by atoms with van der Waals surface area (Å²) in [4.78, 5) is 36.7. The van der Waals surface area contributed by atoms with Crippen LogP contribution in [0.1, 0.15) is 35.7 Å². The standard InChI is InChI=1S/C22H24N2O5/c1-14(25)16-5-7-17(8-6-16)24-21(27)22(10-11-22)20(26)23-13-15-4-9-18(28-2)19(12-15)29-3/h4-9,12H,10-11,13H2,1-3H3,(H,23,26)(H,24,27). The summed E-state index contributed by atoms with van der Waals surface area (Å²) in [5, 5.41) is 5.62. The van der Waals surface area contributed by atoms with Crippen LogP contribution in [0.5, 0.6) is 11.5 Å². The van der Waals surface area contributed by atoms with Gasteiger partial charge in [0.05, 0.1) is 14.2 Å². The van der Waals surface area contributed by atoms with Gasteiger partial charge in [0.1, 0.15) is 5.41 Å². The van der Waals surface area contributed by atoms with Gasteiger partial charge in [-0.25, -0.2) is 0 Å². The molecule has 0 aromatic heterocycles. The van der Waals surface area contributed by atoms with E-state index in [1.807, 2.05) is 6.07 Å². The van der Waals surface area contributed by atoms with E-state index >= 15 is 0 Å². The van der Waals surface area contributed by atoms with E-state index in [0.29, 0.717) is 35.6 Å². The summed E-state index contributed by atoms with van der Waals surface area (Å²) in [5.74, 6) is 0.502. The van der Waals surface area contributed by atoms with Gasteiger partial charge in [-0.2, -0.15) is 0 Å². The van der Waals surface area contributed by atoms with E-state index in [0.717, 1.165) is 5.56 Å². The molecule has 2 aromatic rings. The second-order valence-electron chi connectivity index (χ2n) is 7.04. The highest BCUT2D eigenvalue weighted by Gasteiger charge is 2.56. The van der Waals surface area contributed by atoms with Gasteiger partial charge in [-0.15, -0.1) is 0 Å². The number of ketones is 1. The maximum absolute atomic E-state index is 12.7. The molecule has 7 heteroatoms. The third kappa shape index (κ3) is 4.39. The van der Waals surface area contributed by atoms with Gasteiger partial charge in [0.25, 0.3) is 0 Å². The Balaban J connectivity index is 1.61. The van der Waals surface area contributed by atoms with Gasteiger partial charge in [0.2, 0.25) is 11.8 Å². The number of rotatable bonds is 8. The Hall–Kier alpha value is -3.35. The Bertz CT molecular complexity index is 933. The lowest BCUT2D eigenvalue weighted by Crippen LogP contribution is -2.39. The van der Waals surface area contributed by atoms with Crippen molar-refractivity contribution in [3.63, 3.8) is 0 Å². The van der Waals surface area contributed by atoms with Crippen LogP contribution < -0.4 is 20.1 Å². The molecule has 152 valence electrons. The summed E-state index contributed by atoms with van der Waals surface area (Å²) < 4.78 is 10.5. The summed E-state index contributed by atoms with van der Waals surface area (Å²) >= 11 is 0. The van der Waals surface area contributed by atoms with Crippen LogP contribution >= 0.6 is 0 Å². The zero-order valence-electron chi connectivity index (χ0n) is 16.7. The Morgan fingerprint density at radius 2 is 1.59 bits per heavy atom. The summed E-state index contributed by atoms with van der Waals surface area (Å²) in [6.07, 6.45) is 1.00. The molecule has 0 spiro atoms. The van der Waals surface area contributed by atoms with Gasteiger partial charge in [-0.1, -0.05) is 6.07 Å². The van der Waals surface area contributed by atoms with Crippen molar-refractivity contribution < 1.29 is 23.9 Å².